The van der Waals surface area contributed by atoms with Crippen LogP contribution in [-0.4, -0.2) is 60.9 Å². The van der Waals surface area contributed by atoms with Gasteiger partial charge in [0.05, 0.1) is 31.5 Å². The number of pyridine rings is 1. The van der Waals surface area contributed by atoms with Crippen LogP contribution >= 0.6 is 0 Å². The highest BCUT2D eigenvalue weighted by atomic mass is 16.5. The third-order valence-corrected chi connectivity index (χ3v) is 7.92. The number of methoxy groups -OCH3 is 2. The number of carbonyl (C=O) groups excluding carboxylic acids is 1. The molecule has 3 aromatic rings. The standard InChI is InChI=1S/C30H34N4O4/c1-18-16-19(2)32-30-28(18)23(17-31)25(9-11-27(35)33(3)20-12-14-38-15-13-20)34(30)24-8-6-22-21(24)7-10-26(36-4)29(22)37-5/h7,9-11,16,20,24H,6,8,12-15H2,1-5H3. The van der Waals surface area contributed by atoms with Gasteiger partial charge in [-0.1, -0.05) is 6.07 Å². The molecule has 1 fully saturated rings. The van der Waals surface area contributed by atoms with E-state index in [0.29, 0.717) is 30.2 Å². The van der Waals surface area contributed by atoms with Crippen molar-refractivity contribution < 1.29 is 19.0 Å². The third kappa shape index (κ3) is 4.31. The number of aromatic nitrogens is 2. The first-order chi connectivity index (χ1) is 18.4. The predicted molar refractivity (Wildman–Crippen MR) is 146 cm³/mol. The average molecular weight is 515 g/mol. The molecule has 0 N–H and O–H groups in total. The highest BCUT2D eigenvalue weighted by Crippen LogP contribution is 2.46. The number of likely N-dealkylation sites (N-methyl/N-ethyl adjacent to an activating group) is 1. The first-order valence-corrected chi connectivity index (χ1v) is 13.1. The van der Waals surface area contributed by atoms with E-state index in [1.807, 2.05) is 33.0 Å². The Bertz CT molecular complexity index is 1460. The van der Waals surface area contributed by atoms with E-state index in [-0.39, 0.29) is 18.0 Å². The number of amides is 1. The second kappa shape index (κ2) is 10.5. The van der Waals surface area contributed by atoms with E-state index in [2.05, 4.69) is 16.7 Å². The second-order valence-corrected chi connectivity index (χ2v) is 10.1. The van der Waals surface area contributed by atoms with Crippen molar-refractivity contribution in [2.24, 2.45) is 0 Å². The summed E-state index contributed by atoms with van der Waals surface area (Å²) in [6.07, 6.45) is 6.67. The van der Waals surface area contributed by atoms with Crippen molar-refractivity contribution in [1.82, 2.24) is 14.5 Å². The topological polar surface area (TPSA) is 89.6 Å². The van der Waals surface area contributed by atoms with Crippen molar-refractivity contribution in [2.75, 3.05) is 34.5 Å². The molecule has 1 saturated heterocycles. The normalized spacial score (nSPS) is 17.5. The lowest BCUT2D eigenvalue weighted by molar-refractivity contribution is -0.128. The number of benzene rings is 1. The monoisotopic (exact) mass is 514 g/mol. The van der Waals surface area contributed by atoms with Gasteiger partial charge in [-0.05, 0) is 68.9 Å². The molecule has 1 aromatic carbocycles. The lowest BCUT2D eigenvalue weighted by Gasteiger charge is -2.30. The lowest BCUT2D eigenvalue weighted by atomic mass is 10.1. The summed E-state index contributed by atoms with van der Waals surface area (Å²) in [6, 6.07) is 8.52. The minimum Gasteiger partial charge on any atom is -0.493 e. The SMILES string of the molecule is COc1ccc2c(c1OC)CCC2n1c(C=CC(=O)N(C)C2CCOCC2)c(C#N)c2c(C)cc(C)nc21. The van der Waals surface area contributed by atoms with E-state index < -0.39 is 0 Å². The first-order valence-electron chi connectivity index (χ1n) is 13.1. The summed E-state index contributed by atoms with van der Waals surface area (Å²) in [5.41, 5.74) is 6.10. The van der Waals surface area contributed by atoms with Gasteiger partial charge in [0.2, 0.25) is 5.91 Å². The van der Waals surface area contributed by atoms with Crippen LogP contribution in [0.25, 0.3) is 17.1 Å². The Hall–Kier alpha value is -3.83. The van der Waals surface area contributed by atoms with Gasteiger partial charge in [0.15, 0.2) is 11.5 Å². The summed E-state index contributed by atoms with van der Waals surface area (Å²) in [6.45, 7) is 5.31. The van der Waals surface area contributed by atoms with Crippen LogP contribution in [0, 0.1) is 25.2 Å². The summed E-state index contributed by atoms with van der Waals surface area (Å²) in [5.74, 6) is 1.36. The summed E-state index contributed by atoms with van der Waals surface area (Å²) in [7, 11) is 5.14. The Kier molecular flexibility index (Phi) is 7.13. The number of aryl methyl sites for hydroxylation is 2. The van der Waals surface area contributed by atoms with Crippen LogP contribution in [0.15, 0.2) is 24.3 Å². The average Bonchev–Trinajstić information content (AvgIpc) is 3.49. The van der Waals surface area contributed by atoms with Crippen LogP contribution < -0.4 is 9.47 Å². The summed E-state index contributed by atoms with van der Waals surface area (Å²) in [5, 5.41) is 11.2. The van der Waals surface area contributed by atoms with Gasteiger partial charge in [-0.15, -0.1) is 0 Å². The van der Waals surface area contributed by atoms with Gasteiger partial charge in [-0.2, -0.15) is 5.26 Å². The number of ether oxygens (including phenoxy) is 3. The molecule has 2 aromatic heterocycles. The van der Waals surface area contributed by atoms with E-state index in [1.165, 1.54) is 0 Å². The molecule has 1 aliphatic heterocycles. The minimum atomic E-state index is -0.0864. The van der Waals surface area contributed by atoms with Crippen molar-refractivity contribution in [3.63, 3.8) is 0 Å². The molecule has 1 unspecified atom stereocenters. The molecule has 0 radical (unpaired) electrons. The summed E-state index contributed by atoms with van der Waals surface area (Å²) in [4.78, 5) is 19.9. The molecule has 0 bridgehead atoms. The molecule has 8 heteroatoms. The molecular formula is C30H34N4O4. The smallest absolute Gasteiger partial charge is 0.246 e. The van der Waals surface area contributed by atoms with Gasteiger partial charge in [0, 0.05) is 49.0 Å². The number of fused-ring (bicyclic) bond motifs is 2. The highest BCUT2D eigenvalue weighted by molar-refractivity contribution is 5.96. The zero-order valence-corrected chi connectivity index (χ0v) is 22.7. The van der Waals surface area contributed by atoms with Gasteiger partial charge in [0.1, 0.15) is 11.7 Å². The fraction of sp³-hybridized carbons (Fsp3) is 0.433. The van der Waals surface area contributed by atoms with Crippen LogP contribution in [-0.2, 0) is 16.0 Å². The van der Waals surface area contributed by atoms with E-state index in [9.17, 15) is 10.1 Å². The molecule has 1 amide bonds. The molecule has 0 saturated carbocycles. The van der Waals surface area contributed by atoms with Crippen molar-refractivity contribution in [3.8, 4) is 17.6 Å². The van der Waals surface area contributed by atoms with Crippen molar-refractivity contribution >= 4 is 23.0 Å². The zero-order valence-electron chi connectivity index (χ0n) is 22.7. The number of hydrogen-bond acceptors (Lipinski definition) is 6. The van der Waals surface area contributed by atoms with Gasteiger partial charge in [-0.25, -0.2) is 4.98 Å². The fourth-order valence-electron chi connectivity index (χ4n) is 6.06. The molecule has 8 nitrogen and oxygen atoms in total. The molecule has 0 spiro atoms. The largest absolute Gasteiger partial charge is 0.493 e. The van der Waals surface area contributed by atoms with Crippen LogP contribution in [0.4, 0.5) is 0 Å². The number of hydrogen-bond donors (Lipinski definition) is 0. The number of rotatable bonds is 6. The van der Waals surface area contributed by atoms with E-state index in [1.54, 1.807) is 31.3 Å². The van der Waals surface area contributed by atoms with Gasteiger partial charge < -0.3 is 23.7 Å². The molecule has 2 aliphatic rings. The summed E-state index contributed by atoms with van der Waals surface area (Å²) < 4.78 is 18.9. The van der Waals surface area contributed by atoms with Gasteiger partial charge in [0.25, 0.3) is 0 Å². The number of carbonyl (C=O) groups is 1. The Balaban J connectivity index is 1.65. The van der Waals surface area contributed by atoms with Crippen molar-refractivity contribution in [3.05, 3.63) is 57.9 Å². The number of nitrogens with zero attached hydrogens (tertiary/aromatic N) is 4. The molecular weight excluding hydrogens is 480 g/mol. The lowest BCUT2D eigenvalue weighted by Crippen LogP contribution is -2.39. The number of nitriles is 1. The molecule has 198 valence electrons. The Labute approximate surface area is 223 Å². The highest BCUT2D eigenvalue weighted by Gasteiger charge is 2.33. The minimum absolute atomic E-state index is 0.0638. The van der Waals surface area contributed by atoms with Crippen molar-refractivity contribution in [2.45, 2.75) is 51.6 Å². The Morgan fingerprint density at radius 2 is 1.97 bits per heavy atom. The van der Waals surface area contributed by atoms with Crippen LogP contribution in [0.3, 0.4) is 0 Å². The Morgan fingerprint density at radius 3 is 2.66 bits per heavy atom. The van der Waals surface area contributed by atoms with Crippen LogP contribution in [0.2, 0.25) is 0 Å². The molecule has 1 atom stereocenters. The zero-order chi connectivity index (χ0) is 27.0. The maximum absolute atomic E-state index is 13.2. The second-order valence-electron chi connectivity index (χ2n) is 10.1. The quantitative estimate of drug-likeness (QED) is 0.442. The van der Waals surface area contributed by atoms with Gasteiger partial charge >= 0.3 is 0 Å². The molecule has 1 aliphatic carbocycles. The van der Waals surface area contributed by atoms with E-state index in [0.717, 1.165) is 64.9 Å². The maximum atomic E-state index is 13.2. The molecule has 38 heavy (non-hydrogen) atoms. The fourth-order valence-corrected chi connectivity index (χ4v) is 6.06. The Morgan fingerprint density at radius 1 is 1.21 bits per heavy atom. The first kappa shape index (κ1) is 25.8. The maximum Gasteiger partial charge on any atom is 0.246 e. The van der Waals surface area contributed by atoms with Gasteiger partial charge in [-0.3, -0.25) is 4.79 Å². The summed E-state index contributed by atoms with van der Waals surface area (Å²) >= 11 is 0. The van der Waals surface area contributed by atoms with Crippen LogP contribution in [0.5, 0.6) is 11.5 Å². The molecule has 5 rings (SSSR count). The predicted octanol–water partition coefficient (Wildman–Crippen LogP) is 4.73. The van der Waals surface area contributed by atoms with E-state index in [4.69, 9.17) is 19.2 Å². The van der Waals surface area contributed by atoms with Crippen molar-refractivity contribution in [1.29, 1.82) is 5.26 Å². The molecule has 3 heterocycles. The third-order valence-electron chi connectivity index (χ3n) is 7.92. The van der Waals surface area contributed by atoms with Crippen LogP contribution in [0.1, 0.15) is 58.9 Å². The van der Waals surface area contributed by atoms with E-state index >= 15 is 0 Å².